The monoisotopic (exact) mass is 438 g/mol. The minimum atomic E-state index is -4.70. The molecule has 28 heavy (non-hydrogen) atoms. The maximum Gasteiger partial charge on any atom is 0.416 e. The molecule has 1 N–H and O–H groups in total. The second-order valence-corrected chi connectivity index (χ2v) is 9.96. The van der Waals surface area contributed by atoms with Crippen molar-refractivity contribution < 1.29 is 30.9 Å². The molecule has 1 aromatic carbocycles. The van der Waals surface area contributed by atoms with Gasteiger partial charge in [0.1, 0.15) is 10.0 Å². The van der Waals surface area contributed by atoms with Gasteiger partial charge in [-0.1, -0.05) is 11.3 Å². The summed E-state index contributed by atoms with van der Waals surface area (Å²) in [4.78, 5) is 10.4. The predicted octanol–water partition coefficient (Wildman–Crippen LogP) is 4.36. The van der Waals surface area contributed by atoms with E-state index in [4.69, 9.17) is 0 Å². The number of thiophene rings is 1. The fourth-order valence-corrected chi connectivity index (χ4v) is 4.77. The molecule has 1 heterocycles. The van der Waals surface area contributed by atoms with Crippen molar-refractivity contribution >= 4 is 31.9 Å². The molecule has 0 unspecified atom stereocenters. The Kier molecular flexibility index (Phi) is 4.90. The molecule has 1 aromatic heterocycles. The molecule has 3 rings (SSSR count). The van der Waals surface area contributed by atoms with E-state index in [2.05, 4.69) is 5.32 Å². The lowest BCUT2D eigenvalue weighted by atomic mass is 9.94. The lowest BCUT2D eigenvalue weighted by Crippen LogP contribution is -2.20. The van der Waals surface area contributed by atoms with E-state index in [9.17, 15) is 36.1 Å². The van der Waals surface area contributed by atoms with E-state index in [1.54, 1.807) is 0 Å². The number of nitrogens with zero attached hydrogens (tertiary/aromatic N) is 1. The molecule has 6 nitrogen and oxygen atoms in total. The van der Waals surface area contributed by atoms with Gasteiger partial charge in [0.05, 0.1) is 10.5 Å². The Labute approximate surface area is 161 Å². The van der Waals surface area contributed by atoms with E-state index in [1.165, 1.54) is 0 Å². The molecule has 0 aliphatic heterocycles. The van der Waals surface area contributed by atoms with E-state index in [0.29, 0.717) is 30.2 Å². The topological polar surface area (TPSA) is 89.3 Å². The van der Waals surface area contributed by atoms with Crippen LogP contribution in [0.15, 0.2) is 28.5 Å². The van der Waals surface area contributed by atoms with Crippen LogP contribution in [0.25, 0.3) is 0 Å². The van der Waals surface area contributed by atoms with Gasteiger partial charge in [0.2, 0.25) is 0 Å². The first-order valence-electron chi connectivity index (χ1n) is 7.92. The molecule has 0 saturated heterocycles. The number of sulfone groups is 1. The quantitative estimate of drug-likeness (QED) is 0.411. The molecule has 0 radical (unpaired) electrons. The predicted molar refractivity (Wildman–Crippen MR) is 94.9 cm³/mol. The average molecular weight is 438 g/mol. The third-order valence-electron chi connectivity index (χ3n) is 4.53. The number of anilines is 1. The summed E-state index contributed by atoms with van der Waals surface area (Å²) in [5.74, 6) is -1.02. The molecule has 1 aliphatic rings. The number of alkyl halides is 3. The highest BCUT2D eigenvalue weighted by atomic mass is 32.2. The number of benzene rings is 1. The summed E-state index contributed by atoms with van der Waals surface area (Å²) in [5, 5.41) is 13.9. The van der Waals surface area contributed by atoms with Crippen LogP contribution in [0, 0.1) is 15.9 Å². The van der Waals surface area contributed by atoms with Crippen molar-refractivity contribution in [2.75, 3.05) is 18.1 Å². The number of rotatable bonds is 6. The standard InChI is InChI=1S/C16H14F4N2O4S2/c1-28(25,26)13-7-12(22(23)24)14(27-13)21-8-15(2-3-15)9-4-10(16(18,19)20)6-11(17)5-9/h4-7,21H,2-3,8H2,1H3. The first-order chi connectivity index (χ1) is 12.8. The van der Waals surface area contributed by atoms with E-state index < -0.39 is 43.4 Å². The number of nitrogens with one attached hydrogen (secondary N) is 1. The number of hydrogen-bond donors (Lipinski definition) is 1. The molecule has 0 bridgehead atoms. The molecule has 0 spiro atoms. The average Bonchev–Trinajstić information content (AvgIpc) is 3.21. The first kappa shape index (κ1) is 20.5. The van der Waals surface area contributed by atoms with Crippen LogP contribution in [-0.4, -0.2) is 26.1 Å². The van der Waals surface area contributed by atoms with Crippen molar-refractivity contribution in [2.24, 2.45) is 0 Å². The summed E-state index contributed by atoms with van der Waals surface area (Å²) >= 11 is 0.674. The maximum absolute atomic E-state index is 13.7. The van der Waals surface area contributed by atoms with Crippen LogP contribution in [-0.2, 0) is 21.4 Å². The summed E-state index contributed by atoms with van der Waals surface area (Å²) in [6, 6.07) is 3.25. The zero-order valence-electron chi connectivity index (χ0n) is 14.3. The SMILES string of the molecule is CS(=O)(=O)c1cc([N+](=O)[O-])c(NCC2(c3cc(F)cc(C(F)(F)F)c3)CC2)s1. The van der Waals surface area contributed by atoms with Crippen molar-refractivity contribution in [3.8, 4) is 0 Å². The smallest absolute Gasteiger partial charge is 0.370 e. The van der Waals surface area contributed by atoms with Crippen molar-refractivity contribution in [3.05, 3.63) is 51.3 Å². The minimum absolute atomic E-state index is 0.0100. The molecule has 1 fully saturated rings. The van der Waals surface area contributed by atoms with Gasteiger partial charge < -0.3 is 5.32 Å². The second kappa shape index (κ2) is 6.69. The van der Waals surface area contributed by atoms with Crippen LogP contribution in [0.4, 0.5) is 28.3 Å². The lowest BCUT2D eigenvalue weighted by Gasteiger charge is -2.18. The Morgan fingerprint density at radius 2 is 1.89 bits per heavy atom. The van der Waals surface area contributed by atoms with E-state index in [-0.39, 0.29) is 21.3 Å². The van der Waals surface area contributed by atoms with Crippen LogP contribution < -0.4 is 5.32 Å². The zero-order valence-corrected chi connectivity index (χ0v) is 16.0. The van der Waals surface area contributed by atoms with Crippen LogP contribution in [0.5, 0.6) is 0 Å². The first-order valence-corrected chi connectivity index (χ1v) is 10.6. The van der Waals surface area contributed by atoms with E-state index >= 15 is 0 Å². The molecular formula is C16H14F4N2O4S2. The number of halogens is 4. The Balaban J connectivity index is 1.89. The highest BCUT2D eigenvalue weighted by molar-refractivity contribution is 7.92. The van der Waals surface area contributed by atoms with Gasteiger partial charge in [0.15, 0.2) is 14.8 Å². The normalized spacial score (nSPS) is 16.0. The third-order valence-corrected chi connectivity index (χ3v) is 7.41. The highest BCUT2D eigenvalue weighted by Crippen LogP contribution is 2.50. The number of nitro groups is 1. The Bertz CT molecular complexity index is 1040. The van der Waals surface area contributed by atoms with Gasteiger partial charge in [-0.15, -0.1) is 0 Å². The van der Waals surface area contributed by atoms with Crippen LogP contribution in [0.2, 0.25) is 0 Å². The molecular weight excluding hydrogens is 424 g/mol. The maximum atomic E-state index is 13.7. The summed E-state index contributed by atoms with van der Waals surface area (Å²) in [6.07, 6.45) is -2.84. The highest BCUT2D eigenvalue weighted by Gasteiger charge is 2.46. The Morgan fingerprint density at radius 3 is 2.39 bits per heavy atom. The van der Waals surface area contributed by atoms with Gasteiger partial charge in [-0.2, -0.15) is 13.2 Å². The fraction of sp³-hybridized carbons (Fsp3) is 0.375. The van der Waals surface area contributed by atoms with Crippen molar-refractivity contribution in [3.63, 3.8) is 0 Å². The van der Waals surface area contributed by atoms with Gasteiger partial charge in [0.25, 0.3) is 0 Å². The molecule has 2 aromatic rings. The summed E-state index contributed by atoms with van der Waals surface area (Å²) in [7, 11) is -3.66. The van der Waals surface area contributed by atoms with Gasteiger partial charge in [-0.25, -0.2) is 12.8 Å². The third kappa shape index (κ3) is 4.12. The molecule has 1 saturated carbocycles. The van der Waals surface area contributed by atoms with Crippen LogP contribution in [0.3, 0.4) is 0 Å². The largest absolute Gasteiger partial charge is 0.416 e. The Hall–Kier alpha value is -2.21. The van der Waals surface area contributed by atoms with Gasteiger partial charge in [-0.05, 0) is 36.6 Å². The van der Waals surface area contributed by atoms with Crippen molar-refractivity contribution in [1.82, 2.24) is 0 Å². The summed E-state index contributed by atoms with van der Waals surface area (Å²) in [6.45, 7) is 0.0122. The fourth-order valence-electron chi connectivity index (χ4n) is 2.83. The van der Waals surface area contributed by atoms with Gasteiger partial charge >= 0.3 is 11.9 Å². The molecule has 1 aliphatic carbocycles. The zero-order chi connectivity index (χ0) is 20.9. The summed E-state index contributed by atoms with van der Waals surface area (Å²) < 4.78 is 75.6. The van der Waals surface area contributed by atoms with E-state index in [1.807, 2.05) is 0 Å². The van der Waals surface area contributed by atoms with Crippen molar-refractivity contribution in [2.45, 2.75) is 28.6 Å². The van der Waals surface area contributed by atoms with Gasteiger partial charge in [0, 0.05) is 24.3 Å². The molecule has 152 valence electrons. The molecule has 12 heteroatoms. The summed E-state index contributed by atoms with van der Waals surface area (Å²) in [5.41, 5.74) is -2.19. The molecule has 0 atom stereocenters. The Morgan fingerprint density at radius 1 is 1.25 bits per heavy atom. The van der Waals surface area contributed by atoms with Crippen LogP contribution in [0.1, 0.15) is 24.0 Å². The minimum Gasteiger partial charge on any atom is -0.370 e. The van der Waals surface area contributed by atoms with Crippen LogP contribution >= 0.6 is 11.3 Å². The number of hydrogen-bond acceptors (Lipinski definition) is 6. The van der Waals surface area contributed by atoms with Gasteiger partial charge in [-0.3, -0.25) is 10.1 Å². The second-order valence-electron chi connectivity index (χ2n) is 6.67. The lowest BCUT2D eigenvalue weighted by molar-refractivity contribution is -0.383. The van der Waals surface area contributed by atoms with Crippen molar-refractivity contribution in [1.29, 1.82) is 0 Å². The molecule has 0 amide bonds. The van der Waals surface area contributed by atoms with E-state index in [0.717, 1.165) is 24.5 Å².